The van der Waals surface area contributed by atoms with Gasteiger partial charge in [0.25, 0.3) is 0 Å². The molecule has 3 aromatic carbocycles. The highest BCUT2D eigenvalue weighted by atomic mass is 19.4. The molecule has 2 aliphatic heterocycles. The van der Waals surface area contributed by atoms with E-state index in [9.17, 15) is 27.6 Å². The van der Waals surface area contributed by atoms with Crippen molar-refractivity contribution in [1.29, 1.82) is 0 Å². The van der Waals surface area contributed by atoms with Crippen LogP contribution in [0.3, 0.4) is 0 Å². The van der Waals surface area contributed by atoms with Crippen LogP contribution in [0.1, 0.15) is 37.3 Å². The van der Waals surface area contributed by atoms with Gasteiger partial charge >= 0.3 is 12.1 Å². The van der Waals surface area contributed by atoms with Crippen molar-refractivity contribution in [3.8, 4) is 11.5 Å². The molecule has 0 aromatic heterocycles. The lowest BCUT2D eigenvalue weighted by molar-refractivity contribution is -0.142. The van der Waals surface area contributed by atoms with E-state index in [1.807, 2.05) is 36.4 Å². The Morgan fingerprint density at radius 2 is 1.58 bits per heavy atom. The molecule has 1 saturated heterocycles. The molecule has 1 atom stereocenters. The van der Waals surface area contributed by atoms with E-state index in [0.29, 0.717) is 47.1 Å². The number of hydrogen-bond acceptors (Lipinski definition) is 6. The zero-order chi connectivity index (χ0) is 32.1. The zero-order valence-electron chi connectivity index (χ0n) is 25.0. The Labute approximate surface area is 259 Å². The number of para-hydroxylation sites is 1. The van der Waals surface area contributed by atoms with Crippen molar-refractivity contribution in [2.75, 3.05) is 44.2 Å². The van der Waals surface area contributed by atoms with E-state index in [0.717, 1.165) is 12.1 Å². The first kappa shape index (κ1) is 31.6. The number of halogens is 3. The average Bonchev–Trinajstić information content (AvgIpc) is 3.03. The number of esters is 1. The highest BCUT2D eigenvalue weighted by molar-refractivity contribution is 5.97. The number of carbonyl (C=O) groups excluding carboxylic acids is 3. The summed E-state index contributed by atoms with van der Waals surface area (Å²) in [7, 11) is 0. The Balaban J connectivity index is 1.31. The minimum Gasteiger partial charge on any atom is -0.463 e. The van der Waals surface area contributed by atoms with Crippen molar-refractivity contribution < 1.29 is 37.0 Å². The first-order valence-corrected chi connectivity index (χ1v) is 14.8. The molecule has 0 saturated carbocycles. The summed E-state index contributed by atoms with van der Waals surface area (Å²) in [6, 6.07) is 21.6. The second-order valence-electron chi connectivity index (χ2n) is 10.9. The third kappa shape index (κ3) is 7.30. The van der Waals surface area contributed by atoms with E-state index in [1.165, 1.54) is 11.0 Å². The fraction of sp³-hybridized carbons (Fsp3) is 0.324. The molecule has 0 aliphatic carbocycles. The van der Waals surface area contributed by atoms with Gasteiger partial charge in [-0.05, 0) is 61.9 Å². The summed E-state index contributed by atoms with van der Waals surface area (Å²) in [5.74, 6) is -0.588. The summed E-state index contributed by atoms with van der Waals surface area (Å²) in [5.41, 5.74) is 1.06. The van der Waals surface area contributed by atoms with Crippen molar-refractivity contribution >= 4 is 23.5 Å². The van der Waals surface area contributed by atoms with Crippen LogP contribution in [0.15, 0.2) is 90.1 Å². The Hall–Kier alpha value is -4.80. The lowest BCUT2D eigenvalue weighted by atomic mass is 9.83. The van der Waals surface area contributed by atoms with Gasteiger partial charge < -0.3 is 24.2 Å². The van der Waals surface area contributed by atoms with Gasteiger partial charge in [0.05, 0.1) is 17.7 Å². The number of allylic oxidation sites excluding steroid dienone is 1. The monoisotopic (exact) mass is 621 g/mol. The highest BCUT2D eigenvalue weighted by Crippen LogP contribution is 2.39. The number of benzene rings is 3. The molecular formula is C34H34F3N3O5. The quantitative estimate of drug-likeness (QED) is 0.287. The Morgan fingerprint density at radius 1 is 0.889 bits per heavy atom. The molecule has 0 radical (unpaired) electrons. The molecule has 236 valence electrons. The molecule has 1 fully saturated rings. The molecule has 5 rings (SSSR count). The lowest BCUT2D eigenvalue weighted by Crippen LogP contribution is -2.52. The van der Waals surface area contributed by atoms with E-state index < -0.39 is 23.6 Å². The van der Waals surface area contributed by atoms with Gasteiger partial charge in [0.15, 0.2) is 0 Å². The van der Waals surface area contributed by atoms with Crippen LogP contribution < -0.4 is 9.64 Å². The highest BCUT2D eigenvalue weighted by Gasteiger charge is 2.38. The van der Waals surface area contributed by atoms with Gasteiger partial charge in [0, 0.05) is 49.9 Å². The number of hydrogen-bond donors (Lipinski definition) is 0. The summed E-state index contributed by atoms with van der Waals surface area (Å²) in [5, 5.41) is 0. The van der Waals surface area contributed by atoms with E-state index in [2.05, 4.69) is 0 Å². The number of piperazine rings is 1. The molecule has 2 aliphatic rings. The Morgan fingerprint density at radius 3 is 2.27 bits per heavy atom. The van der Waals surface area contributed by atoms with Crippen molar-refractivity contribution in [2.45, 2.75) is 32.4 Å². The van der Waals surface area contributed by atoms with Crippen LogP contribution in [0.4, 0.5) is 18.9 Å². The second-order valence-corrected chi connectivity index (χ2v) is 10.9. The first-order chi connectivity index (χ1) is 21.5. The van der Waals surface area contributed by atoms with Gasteiger partial charge in [-0.2, -0.15) is 13.2 Å². The minimum atomic E-state index is -4.44. The van der Waals surface area contributed by atoms with Crippen LogP contribution in [0.25, 0.3) is 0 Å². The smallest absolute Gasteiger partial charge is 0.416 e. The number of nitrogens with zero attached hydrogens (tertiary/aromatic N) is 3. The molecule has 1 unspecified atom stereocenters. The SMILES string of the molecule is CCOC(=O)C1=C(C)N(CC(=O)N2CCN(c3cccc(C(F)(F)F)c3)CC2)C(=O)CC1c1cccc(Oc2ccccc2)c1. The van der Waals surface area contributed by atoms with Crippen LogP contribution in [0, 0.1) is 0 Å². The summed E-state index contributed by atoms with van der Waals surface area (Å²) in [6.07, 6.45) is -4.49. The van der Waals surface area contributed by atoms with E-state index in [1.54, 1.807) is 47.9 Å². The standard InChI is InChI=1S/C34H34F3N3O5/c1-3-44-33(43)32-23(2)40(30(41)21-29(32)24-9-7-14-28(19-24)45-27-12-5-4-6-13-27)22-31(42)39-17-15-38(16-18-39)26-11-8-10-25(20-26)34(35,36)37/h4-14,19-20,29H,3,15-18,21-22H2,1-2H3. The van der Waals surface area contributed by atoms with Crippen LogP contribution in [0.5, 0.6) is 11.5 Å². The number of anilines is 1. The predicted octanol–water partition coefficient (Wildman–Crippen LogP) is 6.00. The van der Waals surface area contributed by atoms with Gasteiger partial charge in [-0.3, -0.25) is 9.59 Å². The third-order valence-electron chi connectivity index (χ3n) is 8.02. The van der Waals surface area contributed by atoms with Crippen molar-refractivity contribution in [3.63, 3.8) is 0 Å². The van der Waals surface area contributed by atoms with Crippen LogP contribution in [0.2, 0.25) is 0 Å². The van der Waals surface area contributed by atoms with Gasteiger partial charge in [0.2, 0.25) is 11.8 Å². The molecule has 2 heterocycles. The largest absolute Gasteiger partial charge is 0.463 e. The first-order valence-electron chi connectivity index (χ1n) is 14.8. The number of amides is 2. The van der Waals surface area contributed by atoms with Gasteiger partial charge in [-0.15, -0.1) is 0 Å². The zero-order valence-corrected chi connectivity index (χ0v) is 25.0. The minimum absolute atomic E-state index is 0.0448. The summed E-state index contributed by atoms with van der Waals surface area (Å²) >= 11 is 0. The van der Waals surface area contributed by atoms with E-state index in [4.69, 9.17) is 9.47 Å². The molecule has 0 spiro atoms. The molecular weight excluding hydrogens is 587 g/mol. The third-order valence-corrected chi connectivity index (χ3v) is 8.02. The molecule has 2 amide bonds. The van der Waals surface area contributed by atoms with Gasteiger partial charge in [-0.25, -0.2) is 4.79 Å². The van der Waals surface area contributed by atoms with E-state index in [-0.39, 0.29) is 44.5 Å². The number of carbonyl (C=O) groups is 3. The maximum atomic E-state index is 13.5. The van der Waals surface area contributed by atoms with Crippen molar-refractivity contribution in [2.24, 2.45) is 0 Å². The van der Waals surface area contributed by atoms with Crippen molar-refractivity contribution in [1.82, 2.24) is 9.80 Å². The molecule has 11 heteroatoms. The molecule has 45 heavy (non-hydrogen) atoms. The topological polar surface area (TPSA) is 79.4 Å². The fourth-order valence-electron chi connectivity index (χ4n) is 5.71. The maximum Gasteiger partial charge on any atom is 0.416 e. The summed E-state index contributed by atoms with van der Waals surface area (Å²) in [4.78, 5) is 44.8. The maximum absolute atomic E-state index is 13.5. The average molecular weight is 622 g/mol. The van der Waals surface area contributed by atoms with Crippen LogP contribution in [-0.2, 0) is 25.3 Å². The van der Waals surface area contributed by atoms with Crippen LogP contribution in [-0.4, -0.2) is 66.9 Å². The second kappa shape index (κ2) is 13.5. The van der Waals surface area contributed by atoms with Gasteiger partial charge in [-0.1, -0.05) is 36.4 Å². The summed E-state index contributed by atoms with van der Waals surface area (Å²) in [6.45, 7) is 4.46. The predicted molar refractivity (Wildman–Crippen MR) is 162 cm³/mol. The van der Waals surface area contributed by atoms with Crippen LogP contribution >= 0.6 is 0 Å². The fourth-order valence-corrected chi connectivity index (χ4v) is 5.71. The number of rotatable bonds is 8. The molecule has 3 aromatic rings. The Bertz CT molecular complexity index is 1580. The molecule has 0 bridgehead atoms. The van der Waals surface area contributed by atoms with Crippen molar-refractivity contribution in [3.05, 3.63) is 101 Å². The lowest BCUT2D eigenvalue weighted by Gasteiger charge is -2.38. The molecule has 8 nitrogen and oxygen atoms in total. The normalized spacial score (nSPS) is 17.4. The number of ether oxygens (including phenoxy) is 2. The van der Waals surface area contributed by atoms with E-state index >= 15 is 0 Å². The summed E-state index contributed by atoms with van der Waals surface area (Å²) < 4.78 is 50.9. The number of alkyl halides is 3. The molecule has 0 N–H and O–H groups in total. The Kier molecular flexibility index (Phi) is 9.45. The van der Waals surface area contributed by atoms with Gasteiger partial charge in [0.1, 0.15) is 18.0 Å².